The lowest BCUT2D eigenvalue weighted by molar-refractivity contribution is 0.0688. The minimum Gasteiger partial charge on any atom is -0.476 e. The van der Waals surface area contributed by atoms with Crippen LogP contribution >= 0.6 is 0 Å². The van der Waals surface area contributed by atoms with Gasteiger partial charge in [-0.05, 0) is 19.3 Å². The second-order valence-corrected chi connectivity index (χ2v) is 4.97. The topological polar surface area (TPSA) is 90.4 Å². The molecule has 0 aliphatic carbocycles. The van der Waals surface area contributed by atoms with Crippen molar-refractivity contribution < 1.29 is 14.6 Å². The molecule has 0 bridgehead atoms. The van der Waals surface area contributed by atoms with Crippen molar-refractivity contribution in [3.8, 4) is 0 Å². The number of hydrogen-bond donors (Lipinski definition) is 2. The van der Waals surface area contributed by atoms with E-state index in [1.165, 1.54) is 0 Å². The van der Waals surface area contributed by atoms with E-state index in [0.29, 0.717) is 12.3 Å². The second kappa shape index (κ2) is 4.37. The summed E-state index contributed by atoms with van der Waals surface area (Å²) >= 11 is 0. The van der Waals surface area contributed by atoms with Crippen LogP contribution < -0.4 is 5.73 Å². The summed E-state index contributed by atoms with van der Waals surface area (Å²) in [5.41, 5.74) is 6.86. The van der Waals surface area contributed by atoms with Crippen molar-refractivity contribution in [2.75, 3.05) is 13.2 Å². The van der Waals surface area contributed by atoms with Crippen LogP contribution in [0, 0.1) is 0 Å². The summed E-state index contributed by atoms with van der Waals surface area (Å²) in [6.07, 6.45) is 2.71. The molecule has 1 fully saturated rings. The van der Waals surface area contributed by atoms with Gasteiger partial charge in [0.1, 0.15) is 5.82 Å². The Morgan fingerprint density at radius 1 is 1.50 bits per heavy atom. The molecule has 0 amide bonds. The number of nitrogens with zero attached hydrogens (tertiary/aromatic N) is 2. The van der Waals surface area contributed by atoms with E-state index in [0.717, 1.165) is 38.2 Å². The van der Waals surface area contributed by atoms with Crippen LogP contribution in [0.3, 0.4) is 0 Å². The minimum atomic E-state index is -0.985. The van der Waals surface area contributed by atoms with Crippen molar-refractivity contribution in [3.05, 3.63) is 17.2 Å². The molecule has 0 saturated carbocycles. The predicted octanol–water partition coefficient (Wildman–Crippen LogP) is 0.879. The maximum atomic E-state index is 11.3. The quantitative estimate of drug-likeness (QED) is 0.814. The van der Waals surface area contributed by atoms with Gasteiger partial charge in [-0.1, -0.05) is 0 Å². The van der Waals surface area contributed by atoms with E-state index in [9.17, 15) is 9.90 Å². The Morgan fingerprint density at radius 2 is 2.33 bits per heavy atom. The average Bonchev–Trinajstić information content (AvgIpc) is 2.95. The zero-order valence-electron chi connectivity index (χ0n) is 10.1. The van der Waals surface area contributed by atoms with Gasteiger partial charge in [0.25, 0.3) is 0 Å². The fourth-order valence-electron chi connectivity index (χ4n) is 2.91. The number of ether oxygens (including phenoxy) is 1. The number of aromatic nitrogens is 2. The van der Waals surface area contributed by atoms with Gasteiger partial charge in [-0.25, -0.2) is 9.78 Å². The lowest BCUT2D eigenvalue weighted by Gasteiger charge is -2.23. The van der Waals surface area contributed by atoms with Gasteiger partial charge in [0, 0.05) is 25.1 Å². The number of carboxylic acid groups (broad SMARTS) is 1. The van der Waals surface area contributed by atoms with Crippen molar-refractivity contribution in [3.63, 3.8) is 0 Å². The molecule has 18 heavy (non-hydrogen) atoms. The standard InChI is InChI=1S/C12H17N3O3/c13-8-2-1-4-15-10(8)9(12(16)17)14-11(15)7-3-5-18-6-7/h7-8H,1-6,13H2,(H,16,17). The number of carbonyl (C=O) groups is 1. The highest BCUT2D eigenvalue weighted by Gasteiger charge is 2.32. The fourth-order valence-corrected chi connectivity index (χ4v) is 2.91. The molecule has 0 radical (unpaired) electrons. The van der Waals surface area contributed by atoms with Crippen molar-refractivity contribution in [2.45, 2.75) is 37.8 Å². The average molecular weight is 251 g/mol. The molecule has 1 saturated heterocycles. The summed E-state index contributed by atoms with van der Waals surface area (Å²) in [6.45, 7) is 2.17. The summed E-state index contributed by atoms with van der Waals surface area (Å²) in [4.78, 5) is 15.6. The highest BCUT2D eigenvalue weighted by atomic mass is 16.5. The number of hydrogen-bond acceptors (Lipinski definition) is 4. The lowest BCUT2D eigenvalue weighted by atomic mass is 10.0. The Hall–Kier alpha value is -1.40. The van der Waals surface area contributed by atoms with Crippen molar-refractivity contribution >= 4 is 5.97 Å². The summed E-state index contributed by atoms with van der Waals surface area (Å²) in [7, 11) is 0. The Labute approximate surface area is 105 Å². The zero-order chi connectivity index (χ0) is 12.7. The van der Waals surface area contributed by atoms with Crippen LogP contribution in [0.15, 0.2) is 0 Å². The molecule has 0 aromatic carbocycles. The fraction of sp³-hybridized carbons (Fsp3) is 0.667. The molecule has 1 aromatic heterocycles. The van der Waals surface area contributed by atoms with Crippen LogP contribution in [0.2, 0.25) is 0 Å². The van der Waals surface area contributed by atoms with E-state index in [1.807, 2.05) is 4.57 Å². The molecule has 3 heterocycles. The van der Waals surface area contributed by atoms with Gasteiger partial charge in [-0.2, -0.15) is 0 Å². The van der Waals surface area contributed by atoms with Gasteiger partial charge in [0.2, 0.25) is 0 Å². The Kier molecular flexibility index (Phi) is 2.83. The highest BCUT2D eigenvalue weighted by Crippen LogP contribution is 2.33. The Morgan fingerprint density at radius 3 is 3.00 bits per heavy atom. The van der Waals surface area contributed by atoms with Crippen molar-refractivity contribution in [1.29, 1.82) is 0 Å². The molecule has 2 atom stereocenters. The molecule has 3 N–H and O–H groups in total. The monoisotopic (exact) mass is 251 g/mol. The van der Waals surface area contributed by atoms with Crippen LogP contribution in [-0.2, 0) is 11.3 Å². The highest BCUT2D eigenvalue weighted by molar-refractivity contribution is 5.87. The number of aromatic carboxylic acids is 1. The third-order valence-electron chi connectivity index (χ3n) is 3.78. The molecule has 2 aliphatic rings. The first-order valence-corrected chi connectivity index (χ1v) is 6.35. The molecule has 6 heteroatoms. The van der Waals surface area contributed by atoms with Crippen molar-refractivity contribution in [2.24, 2.45) is 5.73 Å². The third-order valence-corrected chi connectivity index (χ3v) is 3.78. The van der Waals surface area contributed by atoms with Crippen molar-refractivity contribution in [1.82, 2.24) is 9.55 Å². The molecular formula is C12H17N3O3. The van der Waals surface area contributed by atoms with Gasteiger partial charge in [-0.3, -0.25) is 0 Å². The van der Waals surface area contributed by atoms with Crippen LogP contribution in [0.1, 0.15) is 53.2 Å². The second-order valence-electron chi connectivity index (χ2n) is 4.97. The van der Waals surface area contributed by atoms with Gasteiger partial charge >= 0.3 is 5.97 Å². The van der Waals surface area contributed by atoms with E-state index < -0.39 is 5.97 Å². The van der Waals surface area contributed by atoms with Gasteiger partial charge < -0.3 is 20.1 Å². The first-order valence-electron chi connectivity index (χ1n) is 6.35. The van der Waals surface area contributed by atoms with Gasteiger partial charge in [-0.15, -0.1) is 0 Å². The largest absolute Gasteiger partial charge is 0.476 e. The predicted molar refractivity (Wildman–Crippen MR) is 63.5 cm³/mol. The normalized spacial score (nSPS) is 27.2. The summed E-state index contributed by atoms with van der Waals surface area (Å²) in [5, 5.41) is 9.25. The van der Waals surface area contributed by atoms with E-state index in [4.69, 9.17) is 10.5 Å². The van der Waals surface area contributed by atoms with E-state index in [-0.39, 0.29) is 17.7 Å². The maximum absolute atomic E-state index is 11.3. The van der Waals surface area contributed by atoms with E-state index in [2.05, 4.69) is 4.98 Å². The molecule has 2 unspecified atom stereocenters. The summed E-state index contributed by atoms with van der Waals surface area (Å²) < 4.78 is 7.38. The first kappa shape index (κ1) is 11.7. The van der Waals surface area contributed by atoms with Crippen LogP contribution in [-0.4, -0.2) is 33.8 Å². The maximum Gasteiger partial charge on any atom is 0.356 e. The van der Waals surface area contributed by atoms with E-state index >= 15 is 0 Å². The van der Waals surface area contributed by atoms with Gasteiger partial charge in [0.15, 0.2) is 5.69 Å². The summed E-state index contributed by atoms with van der Waals surface area (Å²) in [5.74, 6) is 0.0680. The number of rotatable bonds is 2. The third kappa shape index (κ3) is 1.72. The molecule has 6 nitrogen and oxygen atoms in total. The number of fused-ring (bicyclic) bond motifs is 1. The molecule has 0 spiro atoms. The molecule has 98 valence electrons. The van der Waals surface area contributed by atoms with Gasteiger partial charge in [0.05, 0.1) is 12.3 Å². The molecular weight excluding hydrogens is 234 g/mol. The lowest BCUT2D eigenvalue weighted by Crippen LogP contribution is -2.25. The number of carboxylic acids is 1. The van der Waals surface area contributed by atoms with Crippen LogP contribution in [0.25, 0.3) is 0 Å². The molecule has 2 aliphatic heterocycles. The van der Waals surface area contributed by atoms with E-state index in [1.54, 1.807) is 0 Å². The number of imidazole rings is 1. The molecule has 1 aromatic rings. The zero-order valence-corrected chi connectivity index (χ0v) is 10.1. The number of nitrogens with two attached hydrogens (primary N) is 1. The molecule has 3 rings (SSSR count). The smallest absolute Gasteiger partial charge is 0.356 e. The Bertz CT molecular complexity index is 477. The minimum absolute atomic E-state index is 0.129. The SMILES string of the molecule is NC1CCCn2c(C3CCOC3)nc(C(=O)O)c21. The Balaban J connectivity index is 2.09. The van der Waals surface area contributed by atoms with Crippen LogP contribution in [0.4, 0.5) is 0 Å². The summed E-state index contributed by atoms with van der Waals surface area (Å²) in [6, 6.07) is -0.214. The van der Waals surface area contributed by atoms with Crippen LogP contribution in [0.5, 0.6) is 0 Å². The first-order chi connectivity index (χ1) is 8.68.